The molecule has 0 saturated carbocycles. The highest BCUT2D eigenvalue weighted by molar-refractivity contribution is 7.99. The first-order chi connectivity index (χ1) is 13.0. The Labute approximate surface area is 165 Å². The van der Waals surface area contributed by atoms with E-state index in [4.69, 9.17) is 0 Å². The molecule has 0 atom stereocenters. The van der Waals surface area contributed by atoms with E-state index in [1.54, 1.807) is 4.90 Å². The minimum atomic E-state index is 0.0965. The lowest BCUT2D eigenvalue weighted by Gasteiger charge is -2.16. The van der Waals surface area contributed by atoms with E-state index in [1.807, 2.05) is 32.2 Å². The largest absolute Gasteiger partial charge is 0.341 e. The molecular weight excluding hydrogens is 354 g/mol. The first-order valence-electron chi connectivity index (χ1n) is 9.03. The molecule has 0 unspecified atom stereocenters. The number of hydrogen-bond acceptors (Lipinski definition) is 3. The van der Waals surface area contributed by atoms with E-state index in [-0.39, 0.29) is 5.91 Å². The molecule has 0 spiro atoms. The Kier molecular flexibility index (Phi) is 6.35. The fraction of sp³-hybridized carbons (Fsp3) is 0.273. The van der Waals surface area contributed by atoms with Crippen molar-refractivity contribution < 1.29 is 4.79 Å². The fourth-order valence-electron chi connectivity index (χ4n) is 2.79. The first-order valence-corrected chi connectivity index (χ1v) is 10.0. The summed E-state index contributed by atoms with van der Waals surface area (Å²) in [4.78, 5) is 22.2. The van der Waals surface area contributed by atoms with Gasteiger partial charge in [-0.25, -0.2) is 4.98 Å². The number of nitrogens with one attached hydrogen (secondary N) is 1. The number of imidazole rings is 1. The van der Waals surface area contributed by atoms with Crippen molar-refractivity contribution in [2.24, 2.45) is 0 Å². The lowest BCUT2D eigenvalue weighted by atomic mass is 10.1. The minimum Gasteiger partial charge on any atom is -0.341 e. The summed E-state index contributed by atoms with van der Waals surface area (Å²) < 4.78 is 0. The smallest absolute Gasteiger partial charge is 0.233 e. The van der Waals surface area contributed by atoms with Gasteiger partial charge < -0.3 is 9.88 Å². The molecule has 5 heteroatoms. The number of carbonyl (C=O) groups is 1. The van der Waals surface area contributed by atoms with Crippen LogP contribution < -0.4 is 0 Å². The van der Waals surface area contributed by atoms with Crippen LogP contribution >= 0.6 is 11.8 Å². The highest BCUT2D eigenvalue weighted by Gasteiger charge is 2.13. The van der Waals surface area contributed by atoms with Crippen LogP contribution in [0.5, 0.6) is 0 Å². The maximum Gasteiger partial charge on any atom is 0.233 e. The van der Waals surface area contributed by atoms with Crippen LogP contribution in [0.1, 0.15) is 28.1 Å². The van der Waals surface area contributed by atoms with Gasteiger partial charge in [0.2, 0.25) is 5.91 Å². The van der Waals surface area contributed by atoms with Gasteiger partial charge in [0.1, 0.15) is 0 Å². The van der Waals surface area contributed by atoms with E-state index in [0.717, 1.165) is 28.5 Å². The summed E-state index contributed by atoms with van der Waals surface area (Å²) in [6.07, 6.45) is 0.797. The van der Waals surface area contributed by atoms with Gasteiger partial charge in [-0.05, 0) is 25.0 Å². The lowest BCUT2D eigenvalue weighted by molar-refractivity contribution is -0.127. The quantitative estimate of drug-likeness (QED) is 0.620. The van der Waals surface area contributed by atoms with Gasteiger partial charge in [0, 0.05) is 25.7 Å². The molecule has 0 saturated heterocycles. The monoisotopic (exact) mass is 379 g/mol. The van der Waals surface area contributed by atoms with Crippen LogP contribution in [0.2, 0.25) is 0 Å². The number of benzene rings is 2. The highest BCUT2D eigenvalue weighted by Crippen LogP contribution is 2.19. The van der Waals surface area contributed by atoms with Crippen molar-refractivity contribution in [3.05, 3.63) is 82.7 Å². The van der Waals surface area contributed by atoms with Crippen LogP contribution in [0, 0.1) is 13.8 Å². The highest BCUT2D eigenvalue weighted by atomic mass is 32.2. The molecule has 3 rings (SSSR count). The number of aromatic amines is 1. The third-order valence-electron chi connectivity index (χ3n) is 4.48. The van der Waals surface area contributed by atoms with E-state index in [0.29, 0.717) is 12.3 Å². The number of hydrogen-bond donors (Lipinski definition) is 1. The van der Waals surface area contributed by atoms with Crippen LogP contribution in [-0.2, 0) is 17.8 Å². The van der Waals surface area contributed by atoms with Gasteiger partial charge in [0.25, 0.3) is 0 Å². The van der Waals surface area contributed by atoms with E-state index < -0.39 is 0 Å². The van der Waals surface area contributed by atoms with E-state index in [9.17, 15) is 4.79 Å². The number of aromatic nitrogens is 2. The van der Waals surface area contributed by atoms with Crippen molar-refractivity contribution in [2.45, 2.75) is 32.0 Å². The van der Waals surface area contributed by atoms with Crippen LogP contribution in [0.25, 0.3) is 0 Å². The average molecular weight is 380 g/mol. The van der Waals surface area contributed by atoms with Crippen LogP contribution in [0.15, 0.2) is 59.8 Å². The summed E-state index contributed by atoms with van der Waals surface area (Å²) in [6, 6.07) is 18.6. The molecule has 1 aromatic heterocycles. The molecule has 27 heavy (non-hydrogen) atoms. The second-order valence-corrected chi connectivity index (χ2v) is 7.76. The zero-order valence-electron chi connectivity index (χ0n) is 16.0. The molecule has 0 fully saturated rings. The second kappa shape index (κ2) is 8.91. The van der Waals surface area contributed by atoms with E-state index in [1.165, 1.54) is 22.9 Å². The molecule has 0 aliphatic rings. The summed E-state index contributed by atoms with van der Waals surface area (Å²) in [6.45, 7) is 4.71. The maximum absolute atomic E-state index is 12.4. The van der Waals surface area contributed by atoms with Crippen molar-refractivity contribution in [1.29, 1.82) is 0 Å². The Morgan fingerprint density at radius 2 is 1.74 bits per heavy atom. The van der Waals surface area contributed by atoms with E-state index in [2.05, 4.69) is 53.3 Å². The van der Waals surface area contributed by atoms with Gasteiger partial charge >= 0.3 is 0 Å². The van der Waals surface area contributed by atoms with Crippen molar-refractivity contribution in [1.82, 2.24) is 14.9 Å². The zero-order valence-corrected chi connectivity index (χ0v) is 16.8. The topological polar surface area (TPSA) is 49.0 Å². The first kappa shape index (κ1) is 19.2. The Bertz CT molecular complexity index is 888. The van der Waals surface area contributed by atoms with Gasteiger partial charge in [0.05, 0.1) is 11.4 Å². The Morgan fingerprint density at radius 3 is 2.44 bits per heavy atom. The summed E-state index contributed by atoms with van der Waals surface area (Å²) >= 11 is 1.46. The van der Waals surface area contributed by atoms with Gasteiger partial charge in [-0.15, -0.1) is 0 Å². The SMILES string of the molecule is Cc1ccc(CN(C)C(=O)CSc2nc(Cc3ccccc3)c(C)[nH]2)cc1. The third-order valence-corrected chi connectivity index (χ3v) is 5.33. The van der Waals surface area contributed by atoms with Gasteiger partial charge in [-0.1, -0.05) is 71.9 Å². The van der Waals surface area contributed by atoms with E-state index >= 15 is 0 Å². The van der Waals surface area contributed by atoms with Gasteiger partial charge in [0.15, 0.2) is 5.16 Å². The molecule has 140 valence electrons. The Balaban J connectivity index is 1.54. The lowest BCUT2D eigenvalue weighted by Crippen LogP contribution is -2.27. The van der Waals surface area contributed by atoms with Gasteiger partial charge in [-0.3, -0.25) is 4.79 Å². The van der Waals surface area contributed by atoms with Crippen LogP contribution in [0.3, 0.4) is 0 Å². The zero-order chi connectivity index (χ0) is 19.2. The summed E-state index contributed by atoms with van der Waals surface area (Å²) in [7, 11) is 1.84. The van der Waals surface area contributed by atoms with Gasteiger partial charge in [-0.2, -0.15) is 0 Å². The number of nitrogens with zero attached hydrogens (tertiary/aromatic N) is 2. The van der Waals surface area contributed by atoms with Crippen molar-refractivity contribution in [3.8, 4) is 0 Å². The predicted octanol–water partition coefficient (Wildman–Crippen LogP) is 4.37. The standard InChI is InChI=1S/C22H25N3OS/c1-16-9-11-19(12-10-16)14-25(3)21(26)15-27-22-23-17(2)20(24-22)13-18-7-5-4-6-8-18/h4-12H,13-15H2,1-3H3,(H,23,24). The molecule has 1 N–H and O–H groups in total. The van der Waals surface area contributed by atoms with Crippen LogP contribution in [-0.4, -0.2) is 33.6 Å². The minimum absolute atomic E-state index is 0.0965. The molecule has 1 amide bonds. The molecule has 0 aliphatic carbocycles. The number of carbonyl (C=O) groups excluding carboxylic acids is 1. The number of amides is 1. The predicted molar refractivity (Wildman–Crippen MR) is 111 cm³/mol. The molecule has 0 bridgehead atoms. The number of thioether (sulfide) groups is 1. The number of H-pyrrole nitrogens is 1. The second-order valence-electron chi connectivity index (χ2n) is 6.80. The molecular formula is C22H25N3OS. The van der Waals surface area contributed by atoms with Crippen molar-refractivity contribution in [2.75, 3.05) is 12.8 Å². The molecule has 2 aromatic carbocycles. The normalized spacial score (nSPS) is 10.8. The summed E-state index contributed by atoms with van der Waals surface area (Å²) in [5, 5.41) is 0.801. The number of rotatable bonds is 7. The summed E-state index contributed by atoms with van der Waals surface area (Å²) in [5.74, 6) is 0.472. The molecule has 4 nitrogen and oxygen atoms in total. The maximum atomic E-state index is 12.4. The molecule has 3 aromatic rings. The molecule has 1 heterocycles. The fourth-order valence-corrected chi connectivity index (χ4v) is 3.67. The Morgan fingerprint density at radius 1 is 1.04 bits per heavy atom. The average Bonchev–Trinajstić information content (AvgIpc) is 3.02. The number of aryl methyl sites for hydroxylation is 2. The van der Waals surface area contributed by atoms with Crippen molar-refractivity contribution in [3.63, 3.8) is 0 Å². The molecule has 0 radical (unpaired) electrons. The summed E-state index contributed by atoms with van der Waals surface area (Å²) in [5.41, 5.74) is 5.69. The molecule has 0 aliphatic heterocycles. The Hall–Kier alpha value is -2.53. The third kappa shape index (κ3) is 5.47. The van der Waals surface area contributed by atoms with Crippen molar-refractivity contribution >= 4 is 17.7 Å². The van der Waals surface area contributed by atoms with Crippen LogP contribution in [0.4, 0.5) is 0 Å².